The Bertz CT molecular complexity index is 810. The monoisotopic (exact) mass is 531 g/mol. The Morgan fingerprint density at radius 1 is 1.10 bits per heavy atom. The molecule has 2 aromatic heterocycles. The zero-order valence-corrected chi connectivity index (χ0v) is 20.3. The fourth-order valence-electron chi connectivity index (χ4n) is 3.68. The van der Waals surface area contributed by atoms with Crippen molar-refractivity contribution in [3.8, 4) is 0 Å². The molecule has 0 unspecified atom stereocenters. The average Bonchev–Trinajstić information content (AvgIpc) is 3.38. The second kappa shape index (κ2) is 10.5. The van der Waals surface area contributed by atoms with Crippen LogP contribution in [0.4, 0.5) is 5.13 Å². The van der Waals surface area contributed by atoms with E-state index in [2.05, 4.69) is 53.1 Å². The summed E-state index contributed by atoms with van der Waals surface area (Å²) < 4.78 is 6.66. The largest absolute Gasteiger partial charge is 0.357 e. The number of halogens is 1. The first-order valence-corrected chi connectivity index (χ1v) is 11.1. The first-order chi connectivity index (χ1) is 13.8. The molecule has 1 fully saturated rings. The fourth-order valence-corrected chi connectivity index (χ4v) is 4.48. The highest BCUT2D eigenvalue weighted by Crippen LogP contribution is 2.19. The van der Waals surface area contributed by atoms with Gasteiger partial charge in [-0.25, -0.2) is 9.98 Å². The number of piperazine rings is 1. The Morgan fingerprint density at radius 2 is 1.93 bits per heavy atom. The van der Waals surface area contributed by atoms with Crippen LogP contribution in [0.3, 0.4) is 0 Å². The number of hydrogen-bond donors (Lipinski definition) is 1. The lowest BCUT2D eigenvalue weighted by Crippen LogP contribution is -2.52. The van der Waals surface area contributed by atoms with Crippen molar-refractivity contribution in [2.24, 2.45) is 4.99 Å². The minimum absolute atomic E-state index is 0. The van der Waals surface area contributed by atoms with Crippen LogP contribution in [0.15, 0.2) is 4.99 Å². The van der Waals surface area contributed by atoms with Crippen molar-refractivity contribution in [3.05, 3.63) is 17.5 Å². The van der Waals surface area contributed by atoms with E-state index in [1.54, 1.807) is 0 Å². The maximum Gasteiger partial charge on any atom is 0.205 e. The first-order valence-electron chi connectivity index (χ1n) is 10.3. The molecule has 0 saturated carbocycles. The van der Waals surface area contributed by atoms with E-state index >= 15 is 0 Å². The van der Waals surface area contributed by atoms with Crippen LogP contribution in [0.1, 0.15) is 44.2 Å². The summed E-state index contributed by atoms with van der Waals surface area (Å²) in [6.07, 6.45) is 4.34. The van der Waals surface area contributed by atoms with Crippen LogP contribution >= 0.6 is 35.5 Å². The van der Waals surface area contributed by atoms with Gasteiger partial charge in [0.25, 0.3) is 0 Å². The molecule has 1 N–H and O–H groups in total. The van der Waals surface area contributed by atoms with Crippen LogP contribution in [0.25, 0.3) is 0 Å². The number of nitrogens with zero attached hydrogens (tertiary/aromatic N) is 8. The number of aromatic nitrogens is 5. The van der Waals surface area contributed by atoms with E-state index in [4.69, 9.17) is 4.99 Å². The Labute approximate surface area is 193 Å². The predicted molar refractivity (Wildman–Crippen MR) is 126 cm³/mol. The van der Waals surface area contributed by atoms with Crippen molar-refractivity contribution in [2.45, 2.75) is 52.6 Å². The third-order valence-corrected chi connectivity index (χ3v) is 6.08. The molecule has 0 amide bonds. The van der Waals surface area contributed by atoms with Crippen LogP contribution in [-0.2, 0) is 25.9 Å². The summed E-state index contributed by atoms with van der Waals surface area (Å²) in [5, 5.41) is 13.2. The van der Waals surface area contributed by atoms with E-state index in [-0.39, 0.29) is 24.0 Å². The fraction of sp³-hybridized carbons (Fsp3) is 0.722. The molecule has 4 heterocycles. The number of guanidine groups is 1. The van der Waals surface area contributed by atoms with Gasteiger partial charge in [-0.1, -0.05) is 6.92 Å². The maximum absolute atomic E-state index is 4.87. The third kappa shape index (κ3) is 5.16. The van der Waals surface area contributed by atoms with E-state index in [9.17, 15) is 0 Å². The lowest BCUT2D eigenvalue weighted by atomic mass is 10.2. The lowest BCUT2D eigenvalue weighted by Gasteiger charge is -2.36. The Hall–Kier alpha value is -1.50. The Morgan fingerprint density at radius 3 is 2.66 bits per heavy atom. The molecule has 2 aliphatic rings. The topological polar surface area (TPSA) is 87.4 Å². The predicted octanol–water partition coefficient (Wildman–Crippen LogP) is 1.93. The van der Waals surface area contributed by atoms with Gasteiger partial charge in [0.2, 0.25) is 5.13 Å². The van der Waals surface area contributed by atoms with Crippen molar-refractivity contribution in [2.75, 3.05) is 37.6 Å². The van der Waals surface area contributed by atoms with Gasteiger partial charge in [-0.05, 0) is 19.8 Å². The molecule has 0 radical (unpaired) electrons. The van der Waals surface area contributed by atoms with E-state index in [0.29, 0.717) is 6.54 Å². The van der Waals surface area contributed by atoms with Gasteiger partial charge >= 0.3 is 0 Å². The molecule has 9 nitrogen and oxygen atoms in total. The van der Waals surface area contributed by atoms with Crippen LogP contribution in [0.2, 0.25) is 0 Å². The third-order valence-electron chi connectivity index (χ3n) is 5.26. The van der Waals surface area contributed by atoms with Crippen LogP contribution in [-0.4, -0.2) is 67.7 Å². The molecule has 0 aromatic carbocycles. The van der Waals surface area contributed by atoms with Crippen molar-refractivity contribution in [3.63, 3.8) is 0 Å². The molecule has 4 rings (SSSR count). The van der Waals surface area contributed by atoms with Gasteiger partial charge in [0.05, 0.1) is 0 Å². The van der Waals surface area contributed by atoms with Crippen LogP contribution in [0.5, 0.6) is 0 Å². The second-order valence-electron chi connectivity index (χ2n) is 7.13. The molecule has 0 spiro atoms. The number of nitrogens with one attached hydrogen (secondary N) is 1. The van der Waals surface area contributed by atoms with Crippen molar-refractivity contribution in [1.82, 2.24) is 34.3 Å². The van der Waals surface area contributed by atoms with Gasteiger partial charge in [0.1, 0.15) is 18.2 Å². The molecular weight excluding hydrogens is 501 g/mol. The highest BCUT2D eigenvalue weighted by Gasteiger charge is 2.22. The van der Waals surface area contributed by atoms with Crippen molar-refractivity contribution in [1.29, 1.82) is 0 Å². The van der Waals surface area contributed by atoms with Gasteiger partial charge < -0.3 is 19.7 Å². The van der Waals surface area contributed by atoms with Gasteiger partial charge in [-0.3, -0.25) is 0 Å². The van der Waals surface area contributed by atoms with Crippen molar-refractivity contribution < 1.29 is 0 Å². The van der Waals surface area contributed by atoms with Crippen molar-refractivity contribution >= 4 is 46.6 Å². The standard InChI is InChI=1S/C18H29N9S.HI/c1-3-14-21-18(28-24-14)26-11-9-25(10-12-26)17(19-4-2)20-13-16-23-22-15-7-5-6-8-27(15)16;/h3-13H2,1-2H3,(H,19,20);1H. The molecule has 2 aliphatic heterocycles. The summed E-state index contributed by atoms with van der Waals surface area (Å²) in [5.74, 6) is 3.99. The number of anilines is 1. The molecular formula is C18H30IN9S. The SMILES string of the molecule is CCNC(=NCc1nnc2n1CCCC2)N1CCN(c2nc(CC)ns2)CC1.I. The number of aryl methyl sites for hydroxylation is 2. The molecule has 0 aliphatic carbocycles. The quantitative estimate of drug-likeness (QED) is 0.359. The summed E-state index contributed by atoms with van der Waals surface area (Å²) in [6.45, 7) is 10.4. The average molecular weight is 531 g/mol. The van der Waals surface area contributed by atoms with Gasteiger partial charge in [0.15, 0.2) is 11.8 Å². The smallest absolute Gasteiger partial charge is 0.205 e. The van der Waals surface area contributed by atoms with E-state index in [1.165, 1.54) is 24.4 Å². The summed E-state index contributed by atoms with van der Waals surface area (Å²) >= 11 is 1.50. The summed E-state index contributed by atoms with van der Waals surface area (Å²) in [7, 11) is 0. The number of fused-ring (bicyclic) bond motifs is 1. The van der Waals surface area contributed by atoms with E-state index in [0.717, 1.165) is 80.7 Å². The molecule has 11 heteroatoms. The Kier molecular flexibility index (Phi) is 8.04. The summed E-state index contributed by atoms with van der Waals surface area (Å²) in [4.78, 5) is 14.1. The zero-order chi connectivity index (χ0) is 19.3. The van der Waals surface area contributed by atoms with Crippen LogP contribution < -0.4 is 10.2 Å². The molecule has 2 aromatic rings. The van der Waals surface area contributed by atoms with Gasteiger partial charge in [0, 0.05) is 63.6 Å². The first kappa shape index (κ1) is 22.2. The number of aliphatic imine (C=N–C) groups is 1. The molecule has 29 heavy (non-hydrogen) atoms. The molecule has 160 valence electrons. The van der Waals surface area contributed by atoms with Gasteiger partial charge in [-0.15, -0.1) is 34.2 Å². The maximum atomic E-state index is 4.87. The molecule has 0 atom stereocenters. The minimum atomic E-state index is 0. The highest BCUT2D eigenvalue weighted by molar-refractivity contribution is 14.0. The number of rotatable bonds is 5. The molecule has 1 saturated heterocycles. The zero-order valence-electron chi connectivity index (χ0n) is 17.2. The van der Waals surface area contributed by atoms with E-state index < -0.39 is 0 Å². The van der Waals surface area contributed by atoms with Gasteiger partial charge in [-0.2, -0.15) is 4.37 Å². The second-order valence-corrected chi connectivity index (χ2v) is 7.86. The normalized spacial score (nSPS) is 17.1. The Balaban J connectivity index is 0.00000240. The summed E-state index contributed by atoms with van der Waals surface area (Å²) in [5.41, 5.74) is 0. The van der Waals surface area contributed by atoms with E-state index in [1.807, 2.05) is 0 Å². The minimum Gasteiger partial charge on any atom is -0.357 e. The summed E-state index contributed by atoms with van der Waals surface area (Å²) in [6, 6.07) is 0. The highest BCUT2D eigenvalue weighted by atomic mass is 127. The van der Waals surface area contributed by atoms with Crippen LogP contribution in [0, 0.1) is 0 Å². The number of hydrogen-bond acceptors (Lipinski definition) is 7. The molecule has 0 bridgehead atoms. The lowest BCUT2D eigenvalue weighted by molar-refractivity contribution is 0.372.